The van der Waals surface area contributed by atoms with Gasteiger partial charge >= 0.3 is 0 Å². The van der Waals surface area contributed by atoms with E-state index in [1.165, 1.54) is 0 Å². The molecule has 2 aromatic heterocycles. The highest BCUT2D eigenvalue weighted by molar-refractivity contribution is 7.80. The monoisotopic (exact) mass is 312 g/mol. The van der Waals surface area contributed by atoms with Crippen LogP contribution in [0.4, 0.5) is 5.69 Å². The van der Waals surface area contributed by atoms with Gasteiger partial charge in [-0.3, -0.25) is 0 Å². The predicted octanol–water partition coefficient (Wildman–Crippen LogP) is 4.27. The van der Waals surface area contributed by atoms with Crippen LogP contribution in [-0.2, 0) is 13.1 Å². The molecule has 0 radical (unpaired) electrons. The number of thiocarbonyl (C=S) groups is 1. The van der Waals surface area contributed by atoms with Crippen molar-refractivity contribution in [2.45, 2.75) is 13.1 Å². The number of hydrogen-bond acceptors (Lipinski definition) is 3. The molecule has 0 atom stereocenters. The number of benzene rings is 1. The fraction of sp³-hybridized carbons (Fsp3) is 0.118. The van der Waals surface area contributed by atoms with Crippen molar-refractivity contribution < 1.29 is 8.83 Å². The fourth-order valence-corrected chi connectivity index (χ4v) is 2.35. The summed E-state index contributed by atoms with van der Waals surface area (Å²) in [4.78, 5) is 2.00. The fourth-order valence-electron chi connectivity index (χ4n) is 2.10. The summed E-state index contributed by atoms with van der Waals surface area (Å²) >= 11 is 5.54. The van der Waals surface area contributed by atoms with Crippen molar-refractivity contribution in [1.82, 2.24) is 4.90 Å². The van der Waals surface area contributed by atoms with E-state index in [0.29, 0.717) is 18.2 Å². The summed E-state index contributed by atoms with van der Waals surface area (Å²) in [7, 11) is 0. The van der Waals surface area contributed by atoms with Crippen molar-refractivity contribution in [3.05, 3.63) is 78.6 Å². The van der Waals surface area contributed by atoms with Crippen molar-refractivity contribution in [3.8, 4) is 0 Å². The Bertz CT molecular complexity index is 657. The molecule has 0 aliphatic rings. The van der Waals surface area contributed by atoms with Crippen LogP contribution >= 0.6 is 12.2 Å². The van der Waals surface area contributed by atoms with E-state index in [1.807, 2.05) is 59.5 Å². The van der Waals surface area contributed by atoms with Gasteiger partial charge in [0.1, 0.15) is 11.5 Å². The summed E-state index contributed by atoms with van der Waals surface area (Å²) in [6, 6.07) is 17.5. The topological polar surface area (TPSA) is 41.5 Å². The Morgan fingerprint density at radius 1 is 0.864 bits per heavy atom. The van der Waals surface area contributed by atoms with Gasteiger partial charge in [0.15, 0.2) is 5.11 Å². The molecule has 2 heterocycles. The third kappa shape index (κ3) is 3.77. The van der Waals surface area contributed by atoms with E-state index in [2.05, 4.69) is 5.32 Å². The highest BCUT2D eigenvalue weighted by atomic mass is 32.1. The molecule has 112 valence electrons. The number of anilines is 1. The van der Waals surface area contributed by atoms with E-state index in [-0.39, 0.29) is 0 Å². The van der Waals surface area contributed by atoms with Crippen LogP contribution in [0.5, 0.6) is 0 Å². The number of rotatable bonds is 5. The predicted molar refractivity (Wildman–Crippen MR) is 89.3 cm³/mol. The Morgan fingerprint density at radius 3 is 1.95 bits per heavy atom. The zero-order valence-electron chi connectivity index (χ0n) is 11.9. The Kier molecular flexibility index (Phi) is 4.56. The standard InChI is InChI=1S/C17H16N2O2S/c22-17(18-14-6-2-1-3-7-14)19(12-15-8-4-10-20-15)13-16-9-5-11-21-16/h1-11H,12-13H2,(H,18,22). The molecule has 0 saturated carbocycles. The lowest BCUT2D eigenvalue weighted by Crippen LogP contribution is -2.33. The summed E-state index contributed by atoms with van der Waals surface area (Å²) < 4.78 is 10.8. The summed E-state index contributed by atoms with van der Waals surface area (Å²) in [6.07, 6.45) is 3.32. The van der Waals surface area contributed by atoms with Crippen molar-refractivity contribution in [1.29, 1.82) is 0 Å². The van der Waals surface area contributed by atoms with Gasteiger partial charge < -0.3 is 19.1 Å². The molecular formula is C17H16N2O2S. The Hall–Kier alpha value is -2.53. The van der Waals surface area contributed by atoms with Gasteiger partial charge in [-0.2, -0.15) is 0 Å². The molecule has 0 unspecified atom stereocenters. The first-order chi connectivity index (χ1) is 10.8. The maximum atomic E-state index is 5.54. The lowest BCUT2D eigenvalue weighted by Gasteiger charge is -2.24. The van der Waals surface area contributed by atoms with Gasteiger partial charge in [-0.05, 0) is 48.6 Å². The molecule has 5 heteroatoms. The molecule has 1 aromatic carbocycles. The van der Waals surface area contributed by atoms with E-state index in [9.17, 15) is 0 Å². The smallest absolute Gasteiger partial charge is 0.174 e. The van der Waals surface area contributed by atoms with Crippen LogP contribution in [0.25, 0.3) is 0 Å². The van der Waals surface area contributed by atoms with Crippen molar-refractivity contribution in [2.24, 2.45) is 0 Å². The first-order valence-corrected chi connectivity index (χ1v) is 7.38. The lowest BCUT2D eigenvalue weighted by molar-refractivity contribution is 0.329. The van der Waals surface area contributed by atoms with E-state index in [1.54, 1.807) is 12.5 Å². The van der Waals surface area contributed by atoms with Crippen LogP contribution in [0.1, 0.15) is 11.5 Å². The Labute approximate surface area is 134 Å². The second kappa shape index (κ2) is 6.95. The van der Waals surface area contributed by atoms with E-state index in [4.69, 9.17) is 21.1 Å². The quantitative estimate of drug-likeness (QED) is 0.713. The van der Waals surface area contributed by atoms with Crippen LogP contribution in [0, 0.1) is 0 Å². The molecule has 0 bridgehead atoms. The number of furan rings is 2. The highest BCUT2D eigenvalue weighted by Crippen LogP contribution is 2.14. The number of nitrogens with zero attached hydrogens (tertiary/aromatic N) is 1. The lowest BCUT2D eigenvalue weighted by atomic mass is 10.3. The highest BCUT2D eigenvalue weighted by Gasteiger charge is 2.14. The molecule has 0 spiro atoms. The van der Waals surface area contributed by atoms with Crippen molar-refractivity contribution in [2.75, 3.05) is 5.32 Å². The molecule has 1 N–H and O–H groups in total. The minimum atomic E-state index is 0.576. The van der Waals surface area contributed by atoms with Crippen molar-refractivity contribution in [3.63, 3.8) is 0 Å². The third-order valence-electron chi connectivity index (χ3n) is 3.17. The molecule has 0 aliphatic heterocycles. The SMILES string of the molecule is S=C(Nc1ccccc1)N(Cc1ccco1)Cc1ccco1. The van der Waals surface area contributed by atoms with E-state index >= 15 is 0 Å². The summed E-state index contributed by atoms with van der Waals surface area (Å²) in [6.45, 7) is 1.15. The first-order valence-electron chi connectivity index (χ1n) is 6.97. The number of hydrogen-bond donors (Lipinski definition) is 1. The Balaban J connectivity index is 1.73. The molecule has 0 aliphatic carbocycles. The minimum absolute atomic E-state index is 0.576. The number of nitrogens with one attached hydrogen (secondary N) is 1. The average Bonchev–Trinajstić information content (AvgIpc) is 3.21. The van der Waals surface area contributed by atoms with Gasteiger partial charge in [-0.25, -0.2) is 0 Å². The maximum absolute atomic E-state index is 5.54. The Morgan fingerprint density at radius 2 is 1.45 bits per heavy atom. The molecule has 22 heavy (non-hydrogen) atoms. The van der Waals surface area contributed by atoms with Gasteiger partial charge in [0.25, 0.3) is 0 Å². The largest absolute Gasteiger partial charge is 0.467 e. The summed E-state index contributed by atoms with van der Waals surface area (Å²) in [5, 5.41) is 3.86. The van der Waals surface area contributed by atoms with Gasteiger partial charge in [0, 0.05) is 5.69 Å². The molecule has 3 rings (SSSR count). The molecule has 4 nitrogen and oxygen atoms in total. The third-order valence-corrected chi connectivity index (χ3v) is 3.53. The average molecular weight is 312 g/mol. The molecule has 0 fully saturated rings. The second-order valence-electron chi connectivity index (χ2n) is 4.81. The van der Waals surface area contributed by atoms with Crippen LogP contribution in [0.15, 0.2) is 76.0 Å². The normalized spacial score (nSPS) is 10.4. The van der Waals surface area contributed by atoms with Gasteiger partial charge in [-0.1, -0.05) is 18.2 Å². The number of para-hydroxylation sites is 1. The molecule has 0 amide bonds. The van der Waals surface area contributed by atoms with Gasteiger partial charge in [0.2, 0.25) is 0 Å². The second-order valence-corrected chi connectivity index (χ2v) is 5.20. The van der Waals surface area contributed by atoms with Gasteiger partial charge in [-0.15, -0.1) is 0 Å². The molecule has 0 saturated heterocycles. The van der Waals surface area contributed by atoms with Crippen LogP contribution < -0.4 is 5.32 Å². The maximum Gasteiger partial charge on any atom is 0.174 e. The van der Waals surface area contributed by atoms with Crippen molar-refractivity contribution >= 4 is 23.0 Å². The molecular weight excluding hydrogens is 296 g/mol. The van der Waals surface area contributed by atoms with E-state index in [0.717, 1.165) is 17.2 Å². The summed E-state index contributed by atoms with van der Waals surface area (Å²) in [5.41, 5.74) is 0.955. The zero-order chi connectivity index (χ0) is 15.2. The molecule has 3 aromatic rings. The first kappa shape index (κ1) is 14.4. The minimum Gasteiger partial charge on any atom is -0.467 e. The van der Waals surface area contributed by atoms with Crippen LogP contribution in [-0.4, -0.2) is 10.0 Å². The van der Waals surface area contributed by atoms with Crippen LogP contribution in [0.3, 0.4) is 0 Å². The summed E-state index contributed by atoms with van der Waals surface area (Å²) in [5.74, 6) is 1.70. The van der Waals surface area contributed by atoms with Crippen LogP contribution in [0.2, 0.25) is 0 Å². The zero-order valence-corrected chi connectivity index (χ0v) is 12.8. The van der Waals surface area contributed by atoms with E-state index < -0.39 is 0 Å². The van der Waals surface area contributed by atoms with Gasteiger partial charge in [0.05, 0.1) is 25.6 Å².